The maximum atomic E-state index is 13.6. The Kier molecular flexibility index (Phi) is 8.53. The van der Waals surface area contributed by atoms with Crippen LogP contribution in [0.4, 0.5) is 5.82 Å². The van der Waals surface area contributed by atoms with Crippen molar-refractivity contribution in [1.82, 2.24) is 19.3 Å². The van der Waals surface area contributed by atoms with E-state index in [2.05, 4.69) is 15.4 Å². The van der Waals surface area contributed by atoms with E-state index in [0.717, 1.165) is 41.5 Å². The largest absolute Gasteiger partial charge is 0.481 e. The van der Waals surface area contributed by atoms with Crippen molar-refractivity contribution >= 4 is 40.2 Å². The Bertz CT molecular complexity index is 1890. The van der Waals surface area contributed by atoms with E-state index in [4.69, 9.17) is 16.3 Å². The van der Waals surface area contributed by atoms with Crippen molar-refractivity contribution in [3.63, 3.8) is 0 Å². The second-order valence-corrected chi connectivity index (χ2v) is 11.2. The molecule has 1 unspecified atom stereocenters. The maximum Gasteiger partial charge on any atom is 0.307 e. The summed E-state index contributed by atoms with van der Waals surface area (Å²) in [5.41, 5.74) is 3.96. The number of nitrogens with zero attached hydrogens (tertiary/aromatic N) is 4. The van der Waals surface area contributed by atoms with Crippen LogP contribution in [0.15, 0.2) is 83.9 Å². The highest BCUT2D eigenvalue weighted by Gasteiger charge is 2.25. The molecule has 0 aliphatic carbocycles. The van der Waals surface area contributed by atoms with Crippen molar-refractivity contribution in [1.29, 1.82) is 0 Å². The van der Waals surface area contributed by atoms with Crippen LogP contribution in [-0.2, 0) is 28.9 Å². The van der Waals surface area contributed by atoms with Crippen LogP contribution in [0.3, 0.4) is 0 Å². The molecule has 4 heterocycles. The number of halogens is 1. The Morgan fingerprint density at radius 3 is 2.59 bits per heavy atom. The van der Waals surface area contributed by atoms with Crippen LogP contribution in [0.1, 0.15) is 58.2 Å². The number of hydrogen-bond acceptors (Lipinski definition) is 6. The van der Waals surface area contributed by atoms with Gasteiger partial charge >= 0.3 is 5.97 Å². The fourth-order valence-corrected chi connectivity index (χ4v) is 5.61. The lowest BCUT2D eigenvalue weighted by Crippen LogP contribution is -2.21. The third kappa shape index (κ3) is 6.56. The lowest BCUT2D eigenvalue weighted by Gasteiger charge is -2.23. The smallest absolute Gasteiger partial charge is 0.307 e. The zero-order valence-electron chi connectivity index (χ0n) is 23.8. The molecule has 5 aromatic rings. The molecule has 1 aliphatic rings. The van der Waals surface area contributed by atoms with Crippen LogP contribution < -0.4 is 10.9 Å². The van der Waals surface area contributed by atoms with Gasteiger partial charge in [-0.25, -0.2) is 9.67 Å². The Balaban J connectivity index is 1.23. The number of nitrogens with one attached hydrogen (secondary N) is 1. The predicted molar refractivity (Wildman–Crippen MR) is 166 cm³/mol. The van der Waals surface area contributed by atoms with Crippen molar-refractivity contribution in [2.45, 2.75) is 44.9 Å². The molecule has 0 radical (unpaired) electrons. The second kappa shape index (κ2) is 12.8. The van der Waals surface area contributed by atoms with Gasteiger partial charge in [0.1, 0.15) is 5.82 Å². The van der Waals surface area contributed by atoms with E-state index in [0.29, 0.717) is 35.5 Å². The van der Waals surface area contributed by atoms with Gasteiger partial charge in [-0.05, 0) is 72.7 Å². The fourth-order valence-electron chi connectivity index (χ4n) is 5.44. The van der Waals surface area contributed by atoms with Gasteiger partial charge in [-0.2, -0.15) is 5.10 Å². The van der Waals surface area contributed by atoms with Crippen molar-refractivity contribution in [2.75, 3.05) is 11.9 Å². The number of fused-ring (bicyclic) bond motifs is 1. The summed E-state index contributed by atoms with van der Waals surface area (Å²) in [6.45, 7) is 1.08. The zero-order chi connectivity index (χ0) is 30.6. The predicted octanol–water partition coefficient (Wildman–Crippen LogP) is 5.46. The van der Waals surface area contributed by atoms with Crippen LogP contribution in [0.2, 0.25) is 5.02 Å². The van der Waals surface area contributed by atoms with Gasteiger partial charge in [0.25, 0.3) is 11.5 Å². The Morgan fingerprint density at radius 1 is 1.02 bits per heavy atom. The molecule has 0 saturated carbocycles. The molecule has 3 aromatic heterocycles. The van der Waals surface area contributed by atoms with Crippen molar-refractivity contribution in [3.05, 3.63) is 122 Å². The zero-order valence-corrected chi connectivity index (χ0v) is 24.5. The maximum absolute atomic E-state index is 13.6. The third-order valence-corrected chi connectivity index (χ3v) is 7.83. The summed E-state index contributed by atoms with van der Waals surface area (Å²) >= 11 is 6.28. The van der Waals surface area contributed by atoms with Crippen LogP contribution in [-0.4, -0.2) is 42.9 Å². The summed E-state index contributed by atoms with van der Waals surface area (Å²) in [4.78, 5) is 41.8. The first-order valence-electron chi connectivity index (χ1n) is 14.4. The Morgan fingerprint density at radius 2 is 1.84 bits per heavy atom. The summed E-state index contributed by atoms with van der Waals surface area (Å²) < 4.78 is 9.28. The first-order chi connectivity index (χ1) is 21.3. The van der Waals surface area contributed by atoms with Gasteiger partial charge in [0.2, 0.25) is 0 Å². The number of carbonyl (C=O) groups is 2. The summed E-state index contributed by atoms with van der Waals surface area (Å²) in [5.74, 6) is -1.41. The van der Waals surface area contributed by atoms with E-state index in [1.165, 1.54) is 6.07 Å². The average molecular weight is 612 g/mol. The van der Waals surface area contributed by atoms with Gasteiger partial charge in [0.15, 0.2) is 11.9 Å². The van der Waals surface area contributed by atoms with Gasteiger partial charge in [-0.3, -0.25) is 14.4 Å². The Labute approximate surface area is 257 Å². The third-order valence-electron chi connectivity index (χ3n) is 7.59. The van der Waals surface area contributed by atoms with E-state index in [-0.39, 0.29) is 29.7 Å². The molecule has 44 heavy (non-hydrogen) atoms. The normalized spacial score (nSPS) is 14.9. The van der Waals surface area contributed by atoms with E-state index >= 15 is 0 Å². The van der Waals surface area contributed by atoms with Crippen LogP contribution in [0, 0.1) is 0 Å². The molecule has 1 atom stereocenters. The van der Waals surface area contributed by atoms with E-state index in [1.807, 2.05) is 36.4 Å². The lowest BCUT2D eigenvalue weighted by atomic mass is 10.0. The van der Waals surface area contributed by atoms with Gasteiger partial charge < -0.3 is 19.7 Å². The SMILES string of the molecule is O=C(O)Cc1cc(Cc2ccc(Cn3ccccc3=O)cc2)cnc1NC(=O)c1nn(C2CCCCO2)c2ccc(Cl)cc12. The number of carboxylic acid groups (broad SMARTS) is 1. The van der Waals surface area contributed by atoms with Gasteiger partial charge in [0, 0.05) is 41.0 Å². The molecule has 11 heteroatoms. The molecule has 1 amide bonds. The summed E-state index contributed by atoms with van der Waals surface area (Å²) in [7, 11) is 0. The van der Waals surface area contributed by atoms with Gasteiger partial charge in [-0.15, -0.1) is 0 Å². The number of carboxylic acids is 1. The number of anilines is 1. The minimum atomic E-state index is -1.05. The molecule has 1 aliphatic heterocycles. The summed E-state index contributed by atoms with van der Waals surface area (Å²) in [6, 6.07) is 19.9. The highest BCUT2D eigenvalue weighted by molar-refractivity contribution is 6.31. The minimum Gasteiger partial charge on any atom is -0.481 e. The summed E-state index contributed by atoms with van der Waals surface area (Å²) in [6.07, 6.45) is 6.03. The van der Waals surface area contributed by atoms with Crippen molar-refractivity contribution in [3.8, 4) is 0 Å². The fraction of sp³-hybridized carbons (Fsp3) is 0.242. The molecular weight excluding hydrogens is 582 g/mol. The van der Waals surface area contributed by atoms with E-state index in [9.17, 15) is 19.5 Å². The van der Waals surface area contributed by atoms with Crippen LogP contribution >= 0.6 is 11.6 Å². The first kappa shape index (κ1) is 29.3. The number of rotatable bonds is 9. The minimum absolute atomic E-state index is 0.0654. The number of benzene rings is 2. The van der Waals surface area contributed by atoms with E-state index < -0.39 is 11.9 Å². The second-order valence-electron chi connectivity index (χ2n) is 10.8. The highest BCUT2D eigenvalue weighted by Crippen LogP contribution is 2.30. The van der Waals surface area contributed by atoms with Crippen LogP contribution in [0.5, 0.6) is 0 Å². The molecule has 0 bridgehead atoms. The quantitative estimate of drug-likeness (QED) is 0.226. The molecule has 10 nitrogen and oxygen atoms in total. The molecule has 0 spiro atoms. The average Bonchev–Trinajstić information content (AvgIpc) is 3.39. The number of ether oxygens (including phenoxy) is 1. The molecule has 1 fully saturated rings. The number of hydrogen-bond donors (Lipinski definition) is 2. The molecule has 2 aromatic carbocycles. The molecular formula is C33H30ClN5O5. The lowest BCUT2D eigenvalue weighted by molar-refractivity contribution is -0.136. The number of carbonyl (C=O) groups excluding carboxylic acids is 1. The molecule has 2 N–H and O–H groups in total. The van der Waals surface area contributed by atoms with Crippen molar-refractivity contribution < 1.29 is 19.4 Å². The van der Waals surface area contributed by atoms with Crippen LogP contribution in [0.25, 0.3) is 10.9 Å². The number of aromatic nitrogens is 4. The van der Waals surface area contributed by atoms with E-state index in [1.54, 1.807) is 45.9 Å². The topological polar surface area (TPSA) is 128 Å². The monoisotopic (exact) mass is 611 g/mol. The summed E-state index contributed by atoms with van der Waals surface area (Å²) in [5, 5.41) is 18.0. The van der Waals surface area contributed by atoms with Crippen molar-refractivity contribution in [2.24, 2.45) is 0 Å². The van der Waals surface area contributed by atoms with Gasteiger partial charge in [-0.1, -0.05) is 41.9 Å². The number of amides is 1. The highest BCUT2D eigenvalue weighted by atomic mass is 35.5. The first-order valence-corrected chi connectivity index (χ1v) is 14.8. The van der Waals surface area contributed by atoms with Gasteiger partial charge in [0.05, 0.1) is 18.5 Å². The Hall–Kier alpha value is -4.80. The molecule has 6 rings (SSSR count). The molecule has 224 valence electrons. The molecule has 1 saturated heterocycles. The number of aliphatic carboxylic acids is 1. The number of pyridine rings is 2. The standard InChI is InChI=1S/C33H30ClN5O5/c34-25-11-12-27-26(18-25)31(37-39(27)29-6-2-4-14-44-29)33(43)36-32-24(17-30(41)42)16-23(19-35-32)15-21-7-9-22(10-8-21)20-38-13-3-1-5-28(38)40/h1,3,5,7-13,16,18-19,29H,2,4,6,14-15,17,20H2,(H,41,42)(H,35,36,43).